The second kappa shape index (κ2) is 12.3. The van der Waals surface area contributed by atoms with Crippen molar-refractivity contribution in [3.63, 3.8) is 0 Å². The van der Waals surface area contributed by atoms with E-state index in [9.17, 15) is 13.2 Å². The van der Waals surface area contributed by atoms with E-state index in [0.29, 0.717) is 12.2 Å². The second-order valence-electron chi connectivity index (χ2n) is 8.43. The summed E-state index contributed by atoms with van der Waals surface area (Å²) < 4.78 is 40.1. The van der Waals surface area contributed by atoms with Gasteiger partial charge in [0.1, 0.15) is 0 Å². The zero-order chi connectivity index (χ0) is 23.3. The van der Waals surface area contributed by atoms with E-state index in [2.05, 4.69) is 26.6 Å². The summed E-state index contributed by atoms with van der Waals surface area (Å²) in [6, 6.07) is 12.1. The number of halogens is 4. The van der Waals surface area contributed by atoms with Crippen molar-refractivity contribution in [3.05, 3.63) is 60.7 Å². The average molecular weight is 513 g/mol. The standard InChI is InChI=1S/C25H31F3N4S.ClH/c1-2-10-29-11-14-31-17-15-30(16-18-31)12-5-13-32-21-6-3-4-7-23(21)33-24-9-8-20(19-22(24)32)25(26,27)28;/h2-4,6-9,19,29H,1,5,10-18H2;1H. The molecule has 0 amide bonds. The average Bonchev–Trinajstić information content (AvgIpc) is 2.81. The normalized spacial score (nSPS) is 16.5. The maximum Gasteiger partial charge on any atom is 0.416 e. The number of alkyl halides is 3. The summed E-state index contributed by atoms with van der Waals surface area (Å²) in [5.74, 6) is 0. The van der Waals surface area contributed by atoms with Crippen LogP contribution in [0.2, 0.25) is 0 Å². The minimum Gasteiger partial charge on any atom is -0.340 e. The van der Waals surface area contributed by atoms with Crippen LogP contribution in [0, 0.1) is 0 Å². The van der Waals surface area contributed by atoms with Crippen LogP contribution in [0.25, 0.3) is 0 Å². The maximum absolute atomic E-state index is 13.4. The highest BCUT2D eigenvalue weighted by Gasteiger charge is 2.33. The fourth-order valence-electron chi connectivity index (χ4n) is 4.38. The van der Waals surface area contributed by atoms with Gasteiger partial charge in [-0.3, -0.25) is 4.90 Å². The van der Waals surface area contributed by atoms with Gasteiger partial charge in [-0.15, -0.1) is 19.0 Å². The van der Waals surface area contributed by atoms with Gasteiger partial charge in [-0.25, -0.2) is 0 Å². The number of para-hydroxylation sites is 1. The van der Waals surface area contributed by atoms with Crippen LogP contribution < -0.4 is 10.2 Å². The maximum atomic E-state index is 13.4. The summed E-state index contributed by atoms with van der Waals surface area (Å²) in [6.45, 7) is 12.4. The van der Waals surface area contributed by atoms with Gasteiger partial charge in [0.25, 0.3) is 0 Å². The molecule has 2 aromatic rings. The lowest BCUT2D eigenvalue weighted by molar-refractivity contribution is -0.137. The minimum atomic E-state index is -4.34. The molecule has 0 radical (unpaired) electrons. The molecule has 4 rings (SSSR count). The first-order valence-corrected chi connectivity index (χ1v) is 12.3. The molecular formula is C25H32ClF3N4S. The van der Waals surface area contributed by atoms with Crippen molar-refractivity contribution in [1.82, 2.24) is 15.1 Å². The van der Waals surface area contributed by atoms with Gasteiger partial charge in [-0.05, 0) is 43.3 Å². The summed E-state index contributed by atoms with van der Waals surface area (Å²) in [5, 5.41) is 3.34. The molecule has 0 atom stereocenters. The Bertz CT molecular complexity index is 948. The smallest absolute Gasteiger partial charge is 0.340 e. The third-order valence-electron chi connectivity index (χ3n) is 6.17. The van der Waals surface area contributed by atoms with Gasteiger partial charge in [0.2, 0.25) is 0 Å². The van der Waals surface area contributed by atoms with E-state index in [4.69, 9.17) is 0 Å². The molecule has 1 saturated heterocycles. The van der Waals surface area contributed by atoms with Gasteiger partial charge in [-0.2, -0.15) is 13.2 Å². The van der Waals surface area contributed by atoms with Gasteiger partial charge >= 0.3 is 6.18 Å². The Kier molecular flexibility index (Phi) is 9.74. The topological polar surface area (TPSA) is 21.8 Å². The molecule has 0 unspecified atom stereocenters. The lowest BCUT2D eigenvalue weighted by Gasteiger charge is -2.36. The van der Waals surface area contributed by atoms with E-state index in [1.807, 2.05) is 30.3 Å². The molecule has 0 aliphatic carbocycles. The number of nitrogens with one attached hydrogen (secondary N) is 1. The van der Waals surface area contributed by atoms with Crippen LogP contribution in [-0.2, 0) is 6.18 Å². The van der Waals surface area contributed by atoms with E-state index in [-0.39, 0.29) is 12.4 Å². The first-order chi connectivity index (χ1) is 16.0. The number of anilines is 2. The van der Waals surface area contributed by atoms with Crippen LogP contribution in [0.3, 0.4) is 0 Å². The molecule has 9 heteroatoms. The number of hydrogen-bond donors (Lipinski definition) is 1. The van der Waals surface area contributed by atoms with Crippen molar-refractivity contribution in [3.8, 4) is 0 Å². The highest BCUT2D eigenvalue weighted by molar-refractivity contribution is 7.99. The highest BCUT2D eigenvalue weighted by atomic mass is 35.5. The Morgan fingerprint density at radius 2 is 1.59 bits per heavy atom. The predicted molar refractivity (Wildman–Crippen MR) is 137 cm³/mol. The Hall–Kier alpha value is -1.71. The van der Waals surface area contributed by atoms with E-state index in [1.165, 1.54) is 12.1 Å². The van der Waals surface area contributed by atoms with Crippen LogP contribution in [-0.4, -0.2) is 68.7 Å². The van der Waals surface area contributed by atoms with Crippen LogP contribution >= 0.6 is 24.2 Å². The van der Waals surface area contributed by atoms with Gasteiger partial charge in [0.05, 0.1) is 16.9 Å². The Labute approximate surface area is 210 Å². The monoisotopic (exact) mass is 512 g/mol. The number of hydrogen-bond acceptors (Lipinski definition) is 5. The SMILES string of the molecule is C=CCNCCN1CCN(CCCN2c3ccccc3Sc3ccc(C(F)(F)F)cc32)CC1.Cl. The quantitative estimate of drug-likeness (QED) is 0.352. The molecule has 0 aromatic heterocycles. The first-order valence-electron chi connectivity index (χ1n) is 11.5. The molecule has 2 aliphatic rings. The lowest BCUT2D eigenvalue weighted by Crippen LogP contribution is -2.48. The number of rotatable bonds is 9. The van der Waals surface area contributed by atoms with E-state index >= 15 is 0 Å². The molecule has 0 bridgehead atoms. The van der Waals surface area contributed by atoms with Crippen LogP contribution in [0.1, 0.15) is 12.0 Å². The molecule has 34 heavy (non-hydrogen) atoms. The zero-order valence-electron chi connectivity index (χ0n) is 19.2. The fraction of sp³-hybridized carbons (Fsp3) is 0.440. The molecule has 0 spiro atoms. The third-order valence-corrected chi connectivity index (χ3v) is 7.30. The van der Waals surface area contributed by atoms with E-state index < -0.39 is 11.7 Å². The summed E-state index contributed by atoms with van der Waals surface area (Å²) in [7, 11) is 0. The first kappa shape index (κ1) is 26.9. The molecule has 4 nitrogen and oxygen atoms in total. The largest absolute Gasteiger partial charge is 0.416 e. The van der Waals surface area contributed by atoms with Gasteiger partial charge in [0.15, 0.2) is 0 Å². The highest BCUT2D eigenvalue weighted by Crippen LogP contribution is 2.49. The molecule has 2 aliphatic heterocycles. The van der Waals surface area contributed by atoms with Crippen molar-refractivity contribution < 1.29 is 13.2 Å². The van der Waals surface area contributed by atoms with Crippen molar-refractivity contribution >= 4 is 35.5 Å². The molecule has 1 N–H and O–H groups in total. The Morgan fingerprint density at radius 1 is 0.912 bits per heavy atom. The lowest BCUT2D eigenvalue weighted by atomic mass is 10.1. The van der Waals surface area contributed by atoms with Gasteiger partial charge in [-0.1, -0.05) is 30.0 Å². The zero-order valence-corrected chi connectivity index (χ0v) is 20.8. The molecule has 2 heterocycles. The fourth-order valence-corrected chi connectivity index (χ4v) is 5.45. The van der Waals surface area contributed by atoms with Crippen LogP contribution in [0.15, 0.2) is 64.9 Å². The molecule has 0 saturated carbocycles. The molecule has 1 fully saturated rings. The van der Waals surface area contributed by atoms with Gasteiger partial charge in [0, 0.05) is 62.1 Å². The van der Waals surface area contributed by atoms with E-state index in [1.54, 1.807) is 17.8 Å². The number of nitrogens with zero attached hydrogens (tertiary/aromatic N) is 3. The van der Waals surface area contributed by atoms with Crippen molar-refractivity contribution in [2.45, 2.75) is 22.4 Å². The summed E-state index contributed by atoms with van der Waals surface area (Å²) in [5.41, 5.74) is 1.06. The number of benzene rings is 2. The molecular weight excluding hydrogens is 481 g/mol. The van der Waals surface area contributed by atoms with Crippen molar-refractivity contribution in [2.24, 2.45) is 0 Å². The van der Waals surface area contributed by atoms with Crippen LogP contribution in [0.5, 0.6) is 0 Å². The molecule has 2 aromatic carbocycles. The van der Waals surface area contributed by atoms with Gasteiger partial charge < -0.3 is 15.1 Å². The number of piperazine rings is 1. The van der Waals surface area contributed by atoms with Crippen LogP contribution in [0.4, 0.5) is 24.5 Å². The Morgan fingerprint density at radius 3 is 2.29 bits per heavy atom. The van der Waals surface area contributed by atoms with E-state index in [0.717, 1.165) is 74.3 Å². The van der Waals surface area contributed by atoms with Crippen molar-refractivity contribution in [2.75, 3.05) is 63.8 Å². The summed E-state index contributed by atoms with van der Waals surface area (Å²) >= 11 is 1.54. The summed E-state index contributed by atoms with van der Waals surface area (Å²) in [4.78, 5) is 8.96. The summed E-state index contributed by atoms with van der Waals surface area (Å²) in [6.07, 6.45) is -1.57. The Balaban J connectivity index is 0.00000324. The second-order valence-corrected chi connectivity index (χ2v) is 9.52. The third kappa shape index (κ3) is 6.70. The molecule has 186 valence electrons. The number of fused-ring (bicyclic) bond motifs is 2. The predicted octanol–water partition coefficient (Wildman–Crippen LogP) is 5.51. The minimum absolute atomic E-state index is 0. The van der Waals surface area contributed by atoms with Crippen molar-refractivity contribution in [1.29, 1.82) is 0 Å².